The SMILES string of the molecule is COc1cc(F)ccc1Nc1nccn1C1CC1. The van der Waals surface area contributed by atoms with Crippen molar-refractivity contribution in [2.75, 3.05) is 12.4 Å². The summed E-state index contributed by atoms with van der Waals surface area (Å²) in [5, 5.41) is 3.18. The number of methoxy groups -OCH3 is 1. The minimum Gasteiger partial charge on any atom is -0.494 e. The van der Waals surface area contributed by atoms with E-state index in [1.807, 2.05) is 6.20 Å². The van der Waals surface area contributed by atoms with Gasteiger partial charge in [-0.05, 0) is 25.0 Å². The van der Waals surface area contributed by atoms with Crippen LogP contribution >= 0.6 is 0 Å². The van der Waals surface area contributed by atoms with Crippen molar-refractivity contribution >= 4 is 11.6 Å². The van der Waals surface area contributed by atoms with Crippen LogP contribution in [0, 0.1) is 5.82 Å². The maximum Gasteiger partial charge on any atom is 0.207 e. The molecule has 5 heteroatoms. The number of ether oxygens (including phenoxy) is 1. The van der Waals surface area contributed by atoms with Gasteiger partial charge >= 0.3 is 0 Å². The second-order valence-corrected chi connectivity index (χ2v) is 4.36. The van der Waals surface area contributed by atoms with E-state index in [4.69, 9.17) is 4.74 Å². The van der Waals surface area contributed by atoms with Crippen LogP contribution in [0.1, 0.15) is 18.9 Å². The van der Waals surface area contributed by atoms with Crippen LogP contribution in [-0.2, 0) is 0 Å². The summed E-state index contributed by atoms with van der Waals surface area (Å²) in [5.41, 5.74) is 0.715. The maximum absolute atomic E-state index is 13.1. The zero-order valence-electron chi connectivity index (χ0n) is 10.1. The van der Waals surface area contributed by atoms with E-state index in [0.717, 1.165) is 5.95 Å². The molecule has 0 aliphatic heterocycles. The Morgan fingerprint density at radius 1 is 1.44 bits per heavy atom. The van der Waals surface area contributed by atoms with Crippen LogP contribution < -0.4 is 10.1 Å². The molecule has 1 saturated carbocycles. The molecule has 1 N–H and O–H groups in total. The molecule has 1 fully saturated rings. The lowest BCUT2D eigenvalue weighted by Gasteiger charge is -2.12. The van der Waals surface area contributed by atoms with E-state index in [2.05, 4.69) is 14.9 Å². The van der Waals surface area contributed by atoms with Crippen LogP contribution in [0.4, 0.5) is 16.0 Å². The quantitative estimate of drug-likeness (QED) is 0.902. The second kappa shape index (κ2) is 4.33. The molecule has 0 amide bonds. The molecule has 1 aromatic carbocycles. The van der Waals surface area contributed by atoms with Gasteiger partial charge in [0, 0.05) is 24.5 Å². The first-order valence-electron chi connectivity index (χ1n) is 5.91. The molecule has 0 atom stereocenters. The average molecular weight is 247 g/mol. The summed E-state index contributed by atoms with van der Waals surface area (Å²) in [5.74, 6) is 0.922. The molecule has 94 valence electrons. The smallest absolute Gasteiger partial charge is 0.207 e. The highest BCUT2D eigenvalue weighted by Crippen LogP contribution is 2.38. The Morgan fingerprint density at radius 2 is 2.28 bits per heavy atom. The summed E-state index contributed by atoms with van der Waals surface area (Å²) >= 11 is 0. The predicted molar refractivity (Wildman–Crippen MR) is 66.7 cm³/mol. The van der Waals surface area contributed by atoms with Gasteiger partial charge in [-0.25, -0.2) is 9.37 Å². The predicted octanol–water partition coefficient (Wildman–Crippen LogP) is 3.11. The molecule has 4 nitrogen and oxygen atoms in total. The number of aromatic nitrogens is 2. The van der Waals surface area contributed by atoms with Crippen molar-refractivity contribution in [2.24, 2.45) is 0 Å². The Labute approximate surface area is 104 Å². The number of anilines is 2. The van der Waals surface area contributed by atoms with Crippen molar-refractivity contribution in [3.8, 4) is 5.75 Å². The Morgan fingerprint density at radius 3 is 3.00 bits per heavy atom. The van der Waals surface area contributed by atoms with Gasteiger partial charge in [0.25, 0.3) is 0 Å². The molecule has 1 heterocycles. The van der Waals surface area contributed by atoms with Crippen LogP contribution in [0.15, 0.2) is 30.6 Å². The summed E-state index contributed by atoms with van der Waals surface area (Å²) in [4.78, 5) is 4.27. The van der Waals surface area contributed by atoms with Gasteiger partial charge in [0.15, 0.2) is 0 Å². The standard InChI is InChI=1S/C13H14FN3O/c1-18-12-8-9(14)2-5-11(12)16-13-15-6-7-17(13)10-3-4-10/h2,5-8,10H,3-4H2,1H3,(H,15,16). The molecule has 0 saturated heterocycles. The van der Waals surface area contributed by atoms with Gasteiger partial charge in [-0.15, -0.1) is 0 Å². The monoisotopic (exact) mass is 247 g/mol. The van der Waals surface area contributed by atoms with Gasteiger partial charge in [0.2, 0.25) is 5.95 Å². The lowest BCUT2D eigenvalue weighted by atomic mass is 10.3. The van der Waals surface area contributed by atoms with Crippen LogP contribution in [0.5, 0.6) is 5.75 Å². The molecule has 3 rings (SSSR count). The highest BCUT2D eigenvalue weighted by molar-refractivity contribution is 5.62. The van der Waals surface area contributed by atoms with Crippen molar-refractivity contribution in [1.29, 1.82) is 0 Å². The normalized spacial score (nSPS) is 14.6. The number of nitrogens with zero attached hydrogens (tertiary/aromatic N) is 2. The second-order valence-electron chi connectivity index (χ2n) is 4.36. The van der Waals surface area contributed by atoms with Crippen LogP contribution in [0.3, 0.4) is 0 Å². The third-order valence-electron chi connectivity index (χ3n) is 3.02. The van der Waals surface area contributed by atoms with E-state index in [-0.39, 0.29) is 5.82 Å². The molecule has 0 bridgehead atoms. The fraction of sp³-hybridized carbons (Fsp3) is 0.308. The van der Waals surface area contributed by atoms with Gasteiger partial charge in [0.05, 0.1) is 12.8 Å². The first-order chi connectivity index (χ1) is 8.78. The molecular weight excluding hydrogens is 233 g/mol. The molecule has 1 aromatic heterocycles. The largest absolute Gasteiger partial charge is 0.494 e. The molecule has 0 spiro atoms. The number of nitrogens with one attached hydrogen (secondary N) is 1. The van der Waals surface area contributed by atoms with E-state index >= 15 is 0 Å². The van der Waals surface area contributed by atoms with Gasteiger partial charge in [-0.2, -0.15) is 0 Å². The zero-order chi connectivity index (χ0) is 12.5. The summed E-state index contributed by atoms with van der Waals surface area (Å²) in [7, 11) is 1.52. The minimum absolute atomic E-state index is 0.317. The third-order valence-corrected chi connectivity index (χ3v) is 3.02. The van der Waals surface area contributed by atoms with Gasteiger partial charge < -0.3 is 14.6 Å². The number of halogens is 1. The summed E-state index contributed by atoms with van der Waals surface area (Å²) in [6.45, 7) is 0. The summed E-state index contributed by atoms with van der Waals surface area (Å²) < 4.78 is 20.4. The van der Waals surface area contributed by atoms with Crippen molar-refractivity contribution in [2.45, 2.75) is 18.9 Å². The van der Waals surface area contributed by atoms with Crippen molar-refractivity contribution in [3.05, 3.63) is 36.4 Å². The van der Waals surface area contributed by atoms with Gasteiger partial charge in [-0.3, -0.25) is 0 Å². The molecule has 1 aliphatic carbocycles. The molecule has 1 aliphatic rings. The minimum atomic E-state index is -0.317. The van der Waals surface area contributed by atoms with E-state index < -0.39 is 0 Å². The van der Waals surface area contributed by atoms with E-state index in [0.29, 0.717) is 17.5 Å². The fourth-order valence-electron chi connectivity index (χ4n) is 1.95. The van der Waals surface area contributed by atoms with Crippen molar-refractivity contribution < 1.29 is 9.13 Å². The summed E-state index contributed by atoms with van der Waals surface area (Å²) in [6.07, 6.45) is 6.09. The first-order valence-corrected chi connectivity index (χ1v) is 5.91. The molecule has 2 aromatic rings. The molecular formula is C13H14FN3O. The molecule has 0 radical (unpaired) electrons. The molecule has 0 unspecified atom stereocenters. The topological polar surface area (TPSA) is 39.1 Å². The number of imidazole rings is 1. The Hall–Kier alpha value is -2.04. The van der Waals surface area contributed by atoms with E-state index in [9.17, 15) is 4.39 Å². The van der Waals surface area contributed by atoms with Crippen LogP contribution in [0.2, 0.25) is 0 Å². The Bertz CT molecular complexity index is 563. The number of hydrogen-bond acceptors (Lipinski definition) is 3. The van der Waals surface area contributed by atoms with Crippen molar-refractivity contribution in [3.63, 3.8) is 0 Å². The Kier molecular flexibility index (Phi) is 2.66. The average Bonchev–Trinajstić information content (AvgIpc) is 3.12. The van der Waals surface area contributed by atoms with Crippen LogP contribution in [-0.4, -0.2) is 16.7 Å². The number of hydrogen-bond donors (Lipinski definition) is 1. The fourth-order valence-corrected chi connectivity index (χ4v) is 1.95. The third kappa shape index (κ3) is 2.03. The number of rotatable bonds is 4. The van der Waals surface area contributed by atoms with E-state index in [1.165, 1.54) is 32.1 Å². The van der Waals surface area contributed by atoms with Gasteiger partial charge in [0.1, 0.15) is 11.6 Å². The van der Waals surface area contributed by atoms with Gasteiger partial charge in [-0.1, -0.05) is 0 Å². The van der Waals surface area contributed by atoms with E-state index in [1.54, 1.807) is 12.3 Å². The molecule has 18 heavy (non-hydrogen) atoms. The van der Waals surface area contributed by atoms with Crippen LogP contribution in [0.25, 0.3) is 0 Å². The Balaban J connectivity index is 1.89. The maximum atomic E-state index is 13.1. The lowest BCUT2D eigenvalue weighted by molar-refractivity contribution is 0.413. The number of benzene rings is 1. The first kappa shape index (κ1) is 11.1. The highest BCUT2D eigenvalue weighted by Gasteiger charge is 2.25. The van der Waals surface area contributed by atoms with Crippen molar-refractivity contribution in [1.82, 2.24) is 9.55 Å². The lowest BCUT2D eigenvalue weighted by Crippen LogP contribution is -2.02. The zero-order valence-corrected chi connectivity index (χ0v) is 10.1. The highest BCUT2D eigenvalue weighted by atomic mass is 19.1. The summed E-state index contributed by atoms with van der Waals surface area (Å²) in [6, 6.07) is 4.95.